The van der Waals surface area contributed by atoms with Crippen molar-refractivity contribution < 1.29 is 4.74 Å². The molecule has 0 spiro atoms. The van der Waals surface area contributed by atoms with Gasteiger partial charge in [0.05, 0.1) is 5.60 Å². The highest BCUT2D eigenvalue weighted by Crippen LogP contribution is 2.27. The van der Waals surface area contributed by atoms with Crippen LogP contribution >= 0.6 is 22.6 Å². The Bertz CT molecular complexity index is 299. The molecule has 0 N–H and O–H groups in total. The van der Waals surface area contributed by atoms with Crippen LogP contribution in [-0.4, -0.2) is 11.0 Å². The Morgan fingerprint density at radius 1 is 1.12 bits per heavy atom. The van der Waals surface area contributed by atoms with Crippen LogP contribution in [-0.2, 0) is 10.3 Å². The Hall–Kier alpha value is -0.0900. The molecule has 2 heteroatoms. The van der Waals surface area contributed by atoms with Crippen molar-refractivity contribution in [2.75, 3.05) is 11.0 Å². The number of unbranched alkanes of at least 4 members (excludes halogenated alkanes) is 3. The van der Waals surface area contributed by atoms with Crippen molar-refractivity contribution in [3.05, 3.63) is 35.9 Å². The zero-order chi connectivity index (χ0) is 12.6. The van der Waals surface area contributed by atoms with Gasteiger partial charge in [-0.3, -0.25) is 0 Å². The van der Waals surface area contributed by atoms with Crippen LogP contribution in [0.15, 0.2) is 30.3 Å². The van der Waals surface area contributed by atoms with E-state index < -0.39 is 0 Å². The van der Waals surface area contributed by atoms with E-state index in [4.69, 9.17) is 4.74 Å². The van der Waals surface area contributed by atoms with Crippen molar-refractivity contribution in [3.63, 3.8) is 0 Å². The quantitative estimate of drug-likeness (QED) is 0.368. The fourth-order valence-corrected chi connectivity index (χ4v) is 2.48. The van der Waals surface area contributed by atoms with E-state index in [2.05, 4.69) is 66.8 Å². The van der Waals surface area contributed by atoms with Crippen molar-refractivity contribution in [1.29, 1.82) is 0 Å². The molecule has 0 aliphatic carbocycles. The summed E-state index contributed by atoms with van der Waals surface area (Å²) in [4.78, 5) is 0. The first kappa shape index (κ1) is 15.0. The molecular weight excluding hydrogens is 323 g/mol. The first-order chi connectivity index (χ1) is 8.23. The predicted molar refractivity (Wildman–Crippen MR) is 82.8 cm³/mol. The number of ether oxygens (including phenoxy) is 1. The normalized spacial score (nSPS) is 14.5. The third kappa shape index (κ3) is 4.96. The number of hydrogen-bond donors (Lipinski definition) is 0. The monoisotopic (exact) mass is 346 g/mol. The lowest BCUT2D eigenvalue weighted by molar-refractivity contribution is -0.0172. The average Bonchev–Trinajstić information content (AvgIpc) is 2.39. The summed E-state index contributed by atoms with van der Waals surface area (Å²) in [5, 5.41) is 0. The van der Waals surface area contributed by atoms with E-state index in [1.165, 1.54) is 31.2 Å². The third-order valence-electron chi connectivity index (χ3n) is 3.06. The van der Waals surface area contributed by atoms with Gasteiger partial charge < -0.3 is 4.74 Å². The number of alkyl halides is 1. The highest BCUT2D eigenvalue weighted by molar-refractivity contribution is 14.1. The van der Waals surface area contributed by atoms with Crippen LogP contribution in [0.2, 0.25) is 0 Å². The van der Waals surface area contributed by atoms with Gasteiger partial charge in [-0.25, -0.2) is 0 Å². The third-order valence-corrected chi connectivity index (χ3v) is 4.51. The lowest BCUT2D eigenvalue weighted by Crippen LogP contribution is -2.28. The Labute approximate surface area is 119 Å². The van der Waals surface area contributed by atoms with Gasteiger partial charge in [-0.05, 0) is 18.9 Å². The SMILES string of the molecule is CCCCCCOC(C)(CI)c1ccccc1. The van der Waals surface area contributed by atoms with Crippen LogP contribution in [0.1, 0.15) is 45.1 Å². The lowest BCUT2D eigenvalue weighted by atomic mass is 9.98. The molecule has 0 aliphatic heterocycles. The predicted octanol–water partition coefficient (Wildman–Crippen LogP) is 4.93. The molecule has 0 fully saturated rings. The Balaban J connectivity index is 2.46. The fraction of sp³-hybridized carbons (Fsp3) is 0.600. The minimum absolute atomic E-state index is 0.131. The van der Waals surface area contributed by atoms with Gasteiger partial charge in [-0.2, -0.15) is 0 Å². The van der Waals surface area contributed by atoms with Gasteiger partial charge in [0.15, 0.2) is 0 Å². The van der Waals surface area contributed by atoms with Gasteiger partial charge in [0.25, 0.3) is 0 Å². The molecule has 17 heavy (non-hydrogen) atoms. The van der Waals surface area contributed by atoms with Crippen molar-refractivity contribution in [3.8, 4) is 0 Å². The molecule has 1 aromatic carbocycles. The van der Waals surface area contributed by atoms with E-state index in [1.54, 1.807) is 0 Å². The van der Waals surface area contributed by atoms with E-state index in [9.17, 15) is 0 Å². The summed E-state index contributed by atoms with van der Waals surface area (Å²) in [7, 11) is 0. The molecular formula is C15H23IO. The van der Waals surface area contributed by atoms with Crippen LogP contribution in [0.4, 0.5) is 0 Å². The van der Waals surface area contributed by atoms with Gasteiger partial charge >= 0.3 is 0 Å². The summed E-state index contributed by atoms with van der Waals surface area (Å²) < 4.78 is 7.09. The maximum absolute atomic E-state index is 6.10. The first-order valence-electron chi connectivity index (χ1n) is 6.48. The molecule has 0 amide bonds. The highest BCUT2D eigenvalue weighted by atomic mass is 127. The maximum atomic E-state index is 6.10. The van der Waals surface area contributed by atoms with E-state index in [-0.39, 0.29) is 5.60 Å². The smallest absolute Gasteiger partial charge is 0.0992 e. The second-order valence-corrected chi connectivity index (χ2v) is 5.40. The Morgan fingerprint density at radius 3 is 2.41 bits per heavy atom. The molecule has 0 aromatic heterocycles. The molecule has 1 unspecified atom stereocenters. The highest BCUT2D eigenvalue weighted by Gasteiger charge is 2.25. The van der Waals surface area contributed by atoms with Crippen LogP contribution in [0.5, 0.6) is 0 Å². The molecule has 1 nitrogen and oxygen atoms in total. The molecule has 0 saturated carbocycles. The lowest BCUT2D eigenvalue weighted by Gasteiger charge is -2.28. The fourth-order valence-electron chi connectivity index (χ4n) is 1.82. The standard InChI is InChI=1S/C15H23IO/c1-3-4-5-9-12-17-15(2,13-16)14-10-7-6-8-11-14/h6-8,10-11H,3-5,9,12-13H2,1-2H3. The van der Waals surface area contributed by atoms with E-state index in [1.807, 2.05) is 0 Å². The van der Waals surface area contributed by atoms with Crippen molar-refractivity contribution in [2.45, 2.75) is 45.1 Å². The molecule has 1 rings (SSSR count). The molecule has 0 bridgehead atoms. The second-order valence-electron chi connectivity index (χ2n) is 4.64. The van der Waals surface area contributed by atoms with Crippen LogP contribution in [0.25, 0.3) is 0 Å². The minimum atomic E-state index is -0.131. The summed E-state index contributed by atoms with van der Waals surface area (Å²) in [6.45, 7) is 5.29. The average molecular weight is 346 g/mol. The minimum Gasteiger partial charge on any atom is -0.370 e. The summed E-state index contributed by atoms with van der Waals surface area (Å²) in [5.74, 6) is 0. The second kappa shape index (κ2) is 8.09. The summed E-state index contributed by atoms with van der Waals surface area (Å²) in [6, 6.07) is 10.5. The largest absolute Gasteiger partial charge is 0.370 e. The van der Waals surface area contributed by atoms with Gasteiger partial charge in [-0.15, -0.1) is 0 Å². The molecule has 0 heterocycles. The van der Waals surface area contributed by atoms with Crippen molar-refractivity contribution in [2.24, 2.45) is 0 Å². The van der Waals surface area contributed by atoms with Crippen LogP contribution < -0.4 is 0 Å². The number of benzene rings is 1. The van der Waals surface area contributed by atoms with Gasteiger partial charge in [0, 0.05) is 11.0 Å². The van der Waals surface area contributed by atoms with E-state index >= 15 is 0 Å². The summed E-state index contributed by atoms with van der Waals surface area (Å²) in [5.41, 5.74) is 1.15. The molecule has 1 atom stereocenters. The van der Waals surface area contributed by atoms with Gasteiger partial charge in [-0.1, -0.05) is 79.1 Å². The first-order valence-corrected chi connectivity index (χ1v) is 8.01. The number of rotatable bonds is 8. The molecule has 0 saturated heterocycles. The van der Waals surface area contributed by atoms with Crippen LogP contribution in [0, 0.1) is 0 Å². The topological polar surface area (TPSA) is 9.23 Å². The molecule has 0 aliphatic rings. The van der Waals surface area contributed by atoms with Gasteiger partial charge in [0.2, 0.25) is 0 Å². The number of hydrogen-bond acceptors (Lipinski definition) is 1. The van der Waals surface area contributed by atoms with Crippen LogP contribution in [0.3, 0.4) is 0 Å². The zero-order valence-corrected chi connectivity index (χ0v) is 13.1. The summed E-state index contributed by atoms with van der Waals surface area (Å²) in [6.07, 6.45) is 5.05. The Kier molecular flexibility index (Phi) is 7.12. The molecule has 96 valence electrons. The van der Waals surface area contributed by atoms with Crippen molar-refractivity contribution in [1.82, 2.24) is 0 Å². The molecule has 0 radical (unpaired) electrons. The summed E-state index contributed by atoms with van der Waals surface area (Å²) >= 11 is 2.41. The molecule has 1 aromatic rings. The van der Waals surface area contributed by atoms with E-state index in [0.29, 0.717) is 0 Å². The van der Waals surface area contributed by atoms with Gasteiger partial charge in [0.1, 0.15) is 0 Å². The number of halogens is 1. The van der Waals surface area contributed by atoms with E-state index in [0.717, 1.165) is 11.0 Å². The Morgan fingerprint density at radius 2 is 1.82 bits per heavy atom. The maximum Gasteiger partial charge on any atom is 0.0992 e. The van der Waals surface area contributed by atoms with Crippen molar-refractivity contribution >= 4 is 22.6 Å². The zero-order valence-electron chi connectivity index (χ0n) is 10.9.